The van der Waals surface area contributed by atoms with Gasteiger partial charge in [-0.1, -0.05) is 40.2 Å². The SMILES string of the molecule is CCCCC(=O)Nc1cc(C(C)(C)C)ccc1O. The van der Waals surface area contributed by atoms with Crippen LogP contribution in [0.5, 0.6) is 5.75 Å². The third-order valence-electron chi connectivity index (χ3n) is 2.89. The van der Waals surface area contributed by atoms with Crippen LogP contribution in [-0.4, -0.2) is 11.0 Å². The van der Waals surface area contributed by atoms with Crippen molar-refractivity contribution in [1.29, 1.82) is 0 Å². The smallest absolute Gasteiger partial charge is 0.224 e. The van der Waals surface area contributed by atoms with E-state index in [0.717, 1.165) is 18.4 Å². The van der Waals surface area contributed by atoms with E-state index >= 15 is 0 Å². The molecule has 1 amide bonds. The zero-order valence-corrected chi connectivity index (χ0v) is 11.7. The molecule has 100 valence electrons. The summed E-state index contributed by atoms with van der Waals surface area (Å²) in [4.78, 5) is 11.7. The molecule has 3 heteroatoms. The number of unbranched alkanes of at least 4 members (excludes halogenated alkanes) is 1. The molecule has 0 saturated carbocycles. The van der Waals surface area contributed by atoms with Crippen LogP contribution in [0.15, 0.2) is 18.2 Å². The highest BCUT2D eigenvalue weighted by atomic mass is 16.3. The Bertz CT molecular complexity index is 419. The predicted molar refractivity (Wildman–Crippen MR) is 75.0 cm³/mol. The molecule has 3 nitrogen and oxygen atoms in total. The van der Waals surface area contributed by atoms with Crippen molar-refractivity contribution in [3.63, 3.8) is 0 Å². The van der Waals surface area contributed by atoms with Crippen LogP contribution in [0.2, 0.25) is 0 Å². The van der Waals surface area contributed by atoms with E-state index in [1.54, 1.807) is 6.07 Å². The highest BCUT2D eigenvalue weighted by Gasteiger charge is 2.16. The molecular weight excluding hydrogens is 226 g/mol. The van der Waals surface area contributed by atoms with Gasteiger partial charge in [0.2, 0.25) is 5.91 Å². The Morgan fingerprint density at radius 1 is 1.33 bits per heavy atom. The van der Waals surface area contributed by atoms with E-state index in [4.69, 9.17) is 0 Å². The summed E-state index contributed by atoms with van der Waals surface area (Å²) in [5.41, 5.74) is 1.59. The van der Waals surface area contributed by atoms with Gasteiger partial charge in [-0.3, -0.25) is 4.79 Å². The fraction of sp³-hybridized carbons (Fsp3) is 0.533. The number of hydrogen-bond acceptors (Lipinski definition) is 2. The van der Waals surface area contributed by atoms with Gasteiger partial charge in [0.1, 0.15) is 5.75 Å². The third-order valence-corrected chi connectivity index (χ3v) is 2.89. The Labute approximate surface area is 109 Å². The molecule has 0 aliphatic heterocycles. The van der Waals surface area contributed by atoms with Crippen molar-refractivity contribution >= 4 is 11.6 Å². The number of nitrogens with one attached hydrogen (secondary N) is 1. The number of carbonyl (C=O) groups excluding carboxylic acids is 1. The molecule has 0 unspecified atom stereocenters. The molecule has 18 heavy (non-hydrogen) atoms. The van der Waals surface area contributed by atoms with Gasteiger partial charge in [0.25, 0.3) is 0 Å². The maximum Gasteiger partial charge on any atom is 0.224 e. The quantitative estimate of drug-likeness (QED) is 0.797. The van der Waals surface area contributed by atoms with Crippen molar-refractivity contribution in [3.8, 4) is 5.75 Å². The van der Waals surface area contributed by atoms with Crippen LogP contribution in [0, 0.1) is 0 Å². The van der Waals surface area contributed by atoms with Crippen LogP contribution in [0.1, 0.15) is 52.5 Å². The Balaban J connectivity index is 2.85. The molecule has 0 spiro atoms. The first-order chi connectivity index (χ1) is 8.34. The van der Waals surface area contributed by atoms with E-state index in [-0.39, 0.29) is 17.1 Å². The molecule has 0 aliphatic rings. The van der Waals surface area contributed by atoms with E-state index in [2.05, 4.69) is 26.1 Å². The zero-order chi connectivity index (χ0) is 13.8. The van der Waals surface area contributed by atoms with Crippen LogP contribution in [0.3, 0.4) is 0 Å². The van der Waals surface area contributed by atoms with E-state index in [0.29, 0.717) is 12.1 Å². The molecule has 0 bridgehead atoms. The minimum absolute atomic E-state index is 0.00338. The molecule has 2 N–H and O–H groups in total. The zero-order valence-electron chi connectivity index (χ0n) is 11.7. The van der Waals surface area contributed by atoms with E-state index in [1.165, 1.54) is 0 Å². The van der Waals surface area contributed by atoms with Gasteiger partial charge in [-0.25, -0.2) is 0 Å². The van der Waals surface area contributed by atoms with Gasteiger partial charge in [-0.05, 0) is 29.5 Å². The maximum atomic E-state index is 11.7. The molecule has 0 saturated heterocycles. The second-order valence-electron chi connectivity index (χ2n) is 5.63. The summed E-state index contributed by atoms with van der Waals surface area (Å²) < 4.78 is 0. The average Bonchev–Trinajstić information content (AvgIpc) is 2.28. The first kappa shape index (κ1) is 14.6. The van der Waals surface area contributed by atoms with Crippen LogP contribution < -0.4 is 5.32 Å². The Morgan fingerprint density at radius 3 is 2.56 bits per heavy atom. The predicted octanol–water partition coefficient (Wildman–Crippen LogP) is 3.82. The van der Waals surface area contributed by atoms with Crippen molar-refractivity contribution < 1.29 is 9.90 Å². The monoisotopic (exact) mass is 249 g/mol. The van der Waals surface area contributed by atoms with Gasteiger partial charge in [0, 0.05) is 6.42 Å². The summed E-state index contributed by atoms with van der Waals surface area (Å²) in [6.45, 7) is 8.34. The molecule has 0 aromatic heterocycles. The molecule has 0 fully saturated rings. The van der Waals surface area contributed by atoms with Crippen LogP contribution in [-0.2, 0) is 10.2 Å². The standard InChI is InChI=1S/C15H23NO2/c1-5-6-7-14(18)16-12-10-11(15(2,3)4)8-9-13(12)17/h8-10,17H,5-7H2,1-4H3,(H,16,18). The normalized spacial score (nSPS) is 11.3. The highest BCUT2D eigenvalue weighted by molar-refractivity contribution is 5.92. The van der Waals surface area contributed by atoms with Crippen molar-refractivity contribution in [2.75, 3.05) is 5.32 Å². The Hall–Kier alpha value is -1.51. The lowest BCUT2D eigenvalue weighted by atomic mass is 9.87. The first-order valence-corrected chi connectivity index (χ1v) is 6.48. The number of anilines is 1. The number of aromatic hydroxyl groups is 1. The van der Waals surface area contributed by atoms with E-state index < -0.39 is 0 Å². The molecular formula is C15H23NO2. The fourth-order valence-electron chi connectivity index (χ4n) is 1.65. The molecule has 0 atom stereocenters. The number of amides is 1. The summed E-state index contributed by atoms with van der Waals surface area (Å²) in [6, 6.07) is 5.37. The largest absolute Gasteiger partial charge is 0.506 e. The van der Waals surface area contributed by atoms with Crippen molar-refractivity contribution in [3.05, 3.63) is 23.8 Å². The van der Waals surface area contributed by atoms with Crippen LogP contribution in [0.25, 0.3) is 0 Å². The van der Waals surface area contributed by atoms with Gasteiger partial charge in [-0.15, -0.1) is 0 Å². The van der Waals surface area contributed by atoms with Gasteiger partial charge >= 0.3 is 0 Å². The number of benzene rings is 1. The number of hydrogen-bond donors (Lipinski definition) is 2. The third kappa shape index (κ3) is 4.06. The molecule has 1 aromatic carbocycles. The number of phenols is 1. The molecule has 0 heterocycles. The number of phenolic OH excluding ortho intramolecular Hbond substituents is 1. The molecule has 1 rings (SSSR count). The van der Waals surface area contributed by atoms with Crippen molar-refractivity contribution in [1.82, 2.24) is 0 Å². The lowest BCUT2D eigenvalue weighted by Gasteiger charge is -2.20. The topological polar surface area (TPSA) is 49.3 Å². The van der Waals surface area contributed by atoms with E-state index in [9.17, 15) is 9.90 Å². The number of carbonyl (C=O) groups is 1. The second kappa shape index (κ2) is 5.89. The Kier molecular flexibility index (Phi) is 4.76. The van der Waals surface area contributed by atoms with Gasteiger partial charge < -0.3 is 10.4 Å². The summed E-state index contributed by atoms with van der Waals surface area (Å²) in [5.74, 6) is 0.0751. The summed E-state index contributed by atoms with van der Waals surface area (Å²) in [5, 5.41) is 12.5. The van der Waals surface area contributed by atoms with Gasteiger partial charge in [0.15, 0.2) is 0 Å². The van der Waals surface area contributed by atoms with Crippen LogP contribution in [0.4, 0.5) is 5.69 Å². The summed E-state index contributed by atoms with van der Waals surface area (Å²) in [7, 11) is 0. The molecule has 0 radical (unpaired) electrons. The second-order valence-corrected chi connectivity index (χ2v) is 5.63. The van der Waals surface area contributed by atoms with Crippen molar-refractivity contribution in [2.24, 2.45) is 0 Å². The maximum absolute atomic E-state index is 11.7. The van der Waals surface area contributed by atoms with Gasteiger partial charge in [-0.2, -0.15) is 0 Å². The first-order valence-electron chi connectivity index (χ1n) is 6.48. The van der Waals surface area contributed by atoms with E-state index in [1.807, 2.05) is 19.1 Å². The fourth-order valence-corrected chi connectivity index (χ4v) is 1.65. The highest BCUT2D eigenvalue weighted by Crippen LogP contribution is 2.30. The van der Waals surface area contributed by atoms with Crippen LogP contribution >= 0.6 is 0 Å². The summed E-state index contributed by atoms with van der Waals surface area (Å²) in [6.07, 6.45) is 2.35. The summed E-state index contributed by atoms with van der Waals surface area (Å²) >= 11 is 0. The number of rotatable bonds is 4. The van der Waals surface area contributed by atoms with Gasteiger partial charge in [0.05, 0.1) is 5.69 Å². The average molecular weight is 249 g/mol. The molecule has 0 aliphatic carbocycles. The lowest BCUT2D eigenvalue weighted by Crippen LogP contribution is -2.14. The lowest BCUT2D eigenvalue weighted by molar-refractivity contribution is -0.116. The van der Waals surface area contributed by atoms with Crippen molar-refractivity contribution in [2.45, 2.75) is 52.4 Å². The minimum Gasteiger partial charge on any atom is -0.506 e. The Morgan fingerprint density at radius 2 is 2.00 bits per heavy atom. The minimum atomic E-state index is -0.0433. The molecule has 1 aromatic rings.